The maximum absolute atomic E-state index is 13.6. The summed E-state index contributed by atoms with van der Waals surface area (Å²) in [6.07, 6.45) is -1.65. The van der Waals surface area contributed by atoms with Gasteiger partial charge in [-0.2, -0.15) is 13.2 Å². The molecule has 1 fully saturated rings. The number of aromatic nitrogens is 1. The fourth-order valence-corrected chi connectivity index (χ4v) is 5.54. The van der Waals surface area contributed by atoms with E-state index in [0.717, 1.165) is 37.1 Å². The van der Waals surface area contributed by atoms with Crippen molar-refractivity contribution < 1.29 is 56.9 Å². The van der Waals surface area contributed by atoms with Crippen molar-refractivity contribution in [2.45, 2.75) is 51.0 Å². The van der Waals surface area contributed by atoms with Crippen molar-refractivity contribution in [3.63, 3.8) is 0 Å². The zero-order valence-corrected chi connectivity index (χ0v) is 27.3. The molecule has 3 aromatic rings. The molecule has 1 saturated heterocycles. The van der Waals surface area contributed by atoms with Crippen molar-refractivity contribution in [2.24, 2.45) is 7.05 Å². The van der Waals surface area contributed by atoms with E-state index in [2.05, 4.69) is 23.0 Å². The molecule has 2 heterocycles. The third-order valence-electron chi connectivity index (χ3n) is 7.71. The number of urea groups is 1. The van der Waals surface area contributed by atoms with E-state index in [4.69, 9.17) is 14.6 Å². The van der Waals surface area contributed by atoms with Crippen molar-refractivity contribution in [1.82, 2.24) is 15.2 Å². The van der Waals surface area contributed by atoms with E-state index in [1.54, 1.807) is 49.0 Å². The molecule has 0 bridgehead atoms. The number of carbonyl (C=O) groups is 4. The lowest BCUT2D eigenvalue weighted by molar-refractivity contribution is -0.927. The van der Waals surface area contributed by atoms with Crippen LogP contribution in [0.1, 0.15) is 41.4 Å². The third kappa shape index (κ3) is 12.1. The highest BCUT2D eigenvalue weighted by Crippen LogP contribution is 2.23. The number of phenols is 2. The number of alkyl halides is 3. The Hall–Kier alpha value is -5.25. The minimum absolute atomic E-state index is 0.0954. The minimum Gasteiger partial charge on any atom is -0.542 e. The summed E-state index contributed by atoms with van der Waals surface area (Å²) in [7, 11) is 3.82. The van der Waals surface area contributed by atoms with E-state index < -0.39 is 30.2 Å². The largest absolute Gasteiger partial charge is 0.542 e. The number of carboxylic acid groups (broad SMARTS) is 1. The van der Waals surface area contributed by atoms with E-state index in [1.807, 2.05) is 12.1 Å². The monoisotopic (exact) mass is 691 g/mol. The molecule has 0 aliphatic carbocycles. The number of quaternary nitrogens is 1. The number of aliphatic carboxylic acids is 1. The Bertz CT molecular complexity index is 1610. The summed E-state index contributed by atoms with van der Waals surface area (Å²) in [5.41, 5.74) is 2.47. The molecule has 1 unspecified atom stereocenters. The molecule has 1 aliphatic heterocycles. The van der Waals surface area contributed by atoms with Crippen molar-refractivity contribution >= 4 is 29.6 Å². The Morgan fingerprint density at radius 1 is 1.06 bits per heavy atom. The van der Waals surface area contributed by atoms with Crippen molar-refractivity contribution in [3.05, 3.63) is 77.6 Å². The number of carboxylic acids is 1. The molecule has 3 amide bonds. The molecule has 49 heavy (non-hydrogen) atoms. The number of piperidine rings is 1. The van der Waals surface area contributed by atoms with Gasteiger partial charge in [0.25, 0.3) is 0 Å². The number of benzene rings is 2. The number of aromatic hydroxyl groups is 2. The number of amides is 3. The molecule has 2 aromatic carbocycles. The predicted molar refractivity (Wildman–Crippen MR) is 169 cm³/mol. The van der Waals surface area contributed by atoms with Crippen LogP contribution in [0, 0.1) is 0 Å². The molecule has 0 spiro atoms. The quantitative estimate of drug-likeness (QED) is 0.159. The highest BCUT2D eigenvalue weighted by molar-refractivity contribution is 5.96. The molecule has 1 aromatic heterocycles. The zero-order chi connectivity index (χ0) is 36.4. The molecule has 266 valence electrons. The number of likely N-dealkylation sites (N-methyl/N-ethyl adjacent to an activating group) is 1. The standard InChI is InChI=1S/C31H39N5O6.C2HF3O2/c1-4-42-30(40)28-17-24(18-35(28)2)33-31(41)34-27(16-21-10-12-25(37)13-11-21)29(39)32-23-8-6-14-36(3,20-23)19-22-7-5-9-26(38)15-22;3-2(4,5)1(6)7/h5,7,9-13,15,17-18,23,27H,4,6,8,14,16,19-20H2,1-3H3,(H4-,32,33,34,37,38,39,41);(H,6,7)/t23-,27-,36?;/m0./s1. The number of anilines is 1. The number of aryl methyl sites for hydroxylation is 1. The average Bonchev–Trinajstić information content (AvgIpc) is 3.37. The van der Waals surface area contributed by atoms with Crippen LogP contribution in [0.3, 0.4) is 0 Å². The van der Waals surface area contributed by atoms with Crippen molar-refractivity contribution in [1.29, 1.82) is 0 Å². The second-order valence-corrected chi connectivity index (χ2v) is 12.0. The number of hydrogen-bond donors (Lipinski definition) is 5. The van der Waals surface area contributed by atoms with E-state index in [9.17, 15) is 37.8 Å². The maximum Gasteiger partial charge on any atom is 0.430 e. The first-order valence-electron chi connectivity index (χ1n) is 15.4. The maximum atomic E-state index is 13.6. The fourth-order valence-electron chi connectivity index (χ4n) is 5.54. The topological polar surface area (TPSA) is 182 Å². The lowest BCUT2D eigenvalue weighted by Crippen LogP contribution is -2.59. The second-order valence-electron chi connectivity index (χ2n) is 12.0. The van der Waals surface area contributed by atoms with Gasteiger partial charge in [0.1, 0.15) is 35.7 Å². The first-order chi connectivity index (χ1) is 23.0. The Labute approximate surface area is 280 Å². The van der Waals surface area contributed by atoms with Gasteiger partial charge in [0.15, 0.2) is 0 Å². The Balaban J connectivity index is 0.000000838. The smallest absolute Gasteiger partial charge is 0.430 e. The molecular formula is C33H40F3N5O8. The van der Waals surface area contributed by atoms with Crippen LogP contribution >= 0.6 is 0 Å². The number of likely N-dealkylation sites (tertiary alicyclic amines) is 1. The Morgan fingerprint density at radius 2 is 1.73 bits per heavy atom. The molecule has 13 nitrogen and oxygen atoms in total. The SMILES string of the molecule is CCOC(=O)c1cc(NC(=O)N[C@@H](Cc2ccc(O)cc2)C(=O)N[C@H]2CCC[N+](C)(Cc3cccc(O)c3)C2)cn1C.O=C([O-])C(F)(F)F. The van der Waals surface area contributed by atoms with Gasteiger partial charge in [-0.3, -0.25) is 4.79 Å². The molecule has 16 heteroatoms. The van der Waals surface area contributed by atoms with E-state index in [0.29, 0.717) is 16.7 Å². The number of phenolic OH excluding ortho intramolecular Hbond substituents is 2. The van der Waals surface area contributed by atoms with Gasteiger partial charge in [-0.15, -0.1) is 0 Å². The van der Waals surface area contributed by atoms with Crippen LogP contribution in [-0.2, 0) is 34.3 Å². The molecule has 4 rings (SSSR count). The zero-order valence-electron chi connectivity index (χ0n) is 27.3. The summed E-state index contributed by atoms with van der Waals surface area (Å²) in [4.78, 5) is 47.6. The number of esters is 1. The van der Waals surface area contributed by atoms with Crippen molar-refractivity contribution in [3.8, 4) is 11.5 Å². The van der Waals surface area contributed by atoms with Gasteiger partial charge >= 0.3 is 18.2 Å². The molecule has 3 atom stereocenters. The normalized spacial score (nSPS) is 17.9. The number of ether oxygens (including phenoxy) is 1. The predicted octanol–water partition coefficient (Wildman–Crippen LogP) is 2.57. The molecule has 1 aliphatic rings. The highest BCUT2D eigenvalue weighted by atomic mass is 19.4. The summed E-state index contributed by atoms with van der Waals surface area (Å²) in [6, 6.07) is 13.7. The van der Waals surface area contributed by atoms with Crippen LogP contribution in [0.5, 0.6) is 11.5 Å². The van der Waals surface area contributed by atoms with Gasteiger partial charge in [-0.25, -0.2) is 9.59 Å². The number of halogens is 3. The number of carbonyl (C=O) groups excluding carboxylic acids is 4. The Morgan fingerprint density at radius 3 is 2.35 bits per heavy atom. The molecule has 5 N–H and O–H groups in total. The Kier molecular flexibility index (Phi) is 13.0. The van der Waals surface area contributed by atoms with Crippen LogP contribution < -0.4 is 21.1 Å². The van der Waals surface area contributed by atoms with Crippen LogP contribution in [0.15, 0.2) is 60.8 Å². The van der Waals surface area contributed by atoms with Crippen LogP contribution in [0.25, 0.3) is 0 Å². The summed E-state index contributed by atoms with van der Waals surface area (Å²) in [6.45, 7) is 4.33. The van der Waals surface area contributed by atoms with Crippen molar-refractivity contribution in [2.75, 3.05) is 32.1 Å². The van der Waals surface area contributed by atoms with Gasteiger partial charge < -0.3 is 49.9 Å². The highest BCUT2D eigenvalue weighted by Gasteiger charge is 2.34. The van der Waals surface area contributed by atoms with Crippen LogP contribution in [0.4, 0.5) is 23.7 Å². The molecular weight excluding hydrogens is 651 g/mol. The molecule has 0 radical (unpaired) electrons. The summed E-state index contributed by atoms with van der Waals surface area (Å²) < 4.78 is 38.9. The van der Waals surface area contributed by atoms with Gasteiger partial charge in [-0.05, 0) is 55.7 Å². The van der Waals surface area contributed by atoms with E-state index in [-0.39, 0.29) is 42.2 Å². The first-order valence-corrected chi connectivity index (χ1v) is 15.4. The minimum atomic E-state index is -5.19. The van der Waals surface area contributed by atoms with E-state index in [1.165, 1.54) is 18.2 Å². The van der Waals surface area contributed by atoms with E-state index >= 15 is 0 Å². The fraction of sp³-hybridized carbons (Fsp3) is 0.394. The number of nitrogens with one attached hydrogen (secondary N) is 3. The van der Waals surface area contributed by atoms with Crippen LogP contribution in [0.2, 0.25) is 0 Å². The van der Waals surface area contributed by atoms with Gasteiger partial charge in [0, 0.05) is 25.2 Å². The number of nitrogens with zero attached hydrogens (tertiary/aromatic N) is 2. The molecule has 0 saturated carbocycles. The second kappa shape index (κ2) is 16.7. The lowest BCUT2D eigenvalue weighted by atomic mass is 10.00. The summed E-state index contributed by atoms with van der Waals surface area (Å²) in [5.74, 6) is -3.48. The summed E-state index contributed by atoms with van der Waals surface area (Å²) >= 11 is 0. The van der Waals surface area contributed by atoms with Gasteiger partial charge in [-0.1, -0.05) is 24.3 Å². The average molecular weight is 692 g/mol. The first kappa shape index (κ1) is 38.2. The number of rotatable bonds is 10. The summed E-state index contributed by atoms with van der Waals surface area (Å²) in [5, 5.41) is 37.0. The van der Waals surface area contributed by atoms with Crippen LogP contribution in [-0.4, -0.2) is 88.1 Å². The third-order valence-corrected chi connectivity index (χ3v) is 7.71. The number of hydrogen-bond acceptors (Lipinski definition) is 8. The van der Waals surface area contributed by atoms with Gasteiger partial charge in [0.2, 0.25) is 5.91 Å². The lowest BCUT2D eigenvalue weighted by Gasteiger charge is -2.42. The van der Waals surface area contributed by atoms with Gasteiger partial charge in [0.05, 0.1) is 38.5 Å².